The van der Waals surface area contributed by atoms with Gasteiger partial charge in [-0.25, -0.2) is 0 Å². The number of anilines is 2. The van der Waals surface area contributed by atoms with E-state index in [1.165, 1.54) is 7.11 Å². The molecule has 7 nitrogen and oxygen atoms in total. The topological polar surface area (TPSA) is 81.1 Å². The molecule has 0 radical (unpaired) electrons. The third kappa shape index (κ3) is 4.06. The zero-order valence-electron chi connectivity index (χ0n) is 11.5. The zero-order valence-corrected chi connectivity index (χ0v) is 11.5. The standard InChI is InChI=1S/C13H17N5O2/c1-18-8-12(16-17-18)7-14-10-3-5-11(6-4-10)15-13(19)9-20-2/h3-6,8,14H,7,9H2,1-2H3,(H,15,19). The molecule has 0 aliphatic carbocycles. The van der Waals surface area contributed by atoms with E-state index in [-0.39, 0.29) is 12.5 Å². The Hall–Kier alpha value is -2.41. The first-order valence-corrected chi connectivity index (χ1v) is 6.15. The molecular weight excluding hydrogens is 258 g/mol. The number of aryl methyl sites for hydroxylation is 1. The van der Waals surface area contributed by atoms with Crippen LogP contribution < -0.4 is 10.6 Å². The number of hydrogen-bond acceptors (Lipinski definition) is 5. The van der Waals surface area contributed by atoms with Gasteiger partial charge in [0.15, 0.2) is 0 Å². The fraction of sp³-hybridized carbons (Fsp3) is 0.308. The van der Waals surface area contributed by atoms with E-state index in [1.807, 2.05) is 37.5 Å². The number of amides is 1. The largest absolute Gasteiger partial charge is 0.379 e. The molecule has 0 aliphatic rings. The quantitative estimate of drug-likeness (QED) is 0.822. The minimum atomic E-state index is -0.173. The summed E-state index contributed by atoms with van der Waals surface area (Å²) >= 11 is 0. The fourth-order valence-electron chi connectivity index (χ4n) is 1.67. The average molecular weight is 275 g/mol. The van der Waals surface area contributed by atoms with Crippen molar-refractivity contribution in [3.8, 4) is 0 Å². The van der Waals surface area contributed by atoms with Gasteiger partial charge in [-0.05, 0) is 24.3 Å². The Labute approximate surface area is 116 Å². The van der Waals surface area contributed by atoms with Crippen LogP contribution in [0.3, 0.4) is 0 Å². The molecule has 0 saturated carbocycles. The van der Waals surface area contributed by atoms with Crippen LogP contribution in [0.1, 0.15) is 5.69 Å². The van der Waals surface area contributed by atoms with Gasteiger partial charge in [-0.15, -0.1) is 5.10 Å². The van der Waals surface area contributed by atoms with Gasteiger partial charge in [0.05, 0.1) is 6.54 Å². The Morgan fingerprint density at radius 2 is 2.00 bits per heavy atom. The van der Waals surface area contributed by atoms with Crippen molar-refractivity contribution in [3.63, 3.8) is 0 Å². The van der Waals surface area contributed by atoms with E-state index in [0.29, 0.717) is 6.54 Å². The molecule has 106 valence electrons. The van der Waals surface area contributed by atoms with E-state index in [9.17, 15) is 4.79 Å². The molecule has 1 heterocycles. The number of hydrogen-bond donors (Lipinski definition) is 2. The van der Waals surface area contributed by atoms with Crippen molar-refractivity contribution in [1.29, 1.82) is 0 Å². The molecule has 0 aliphatic heterocycles. The Bertz CT molecular complexity index is 564. The third-order valence-corrected chi connectivity index (χ3v) is 2.57. The molecule has 2 aromatic rings. The van der Waals surface area contributed by atoms with E-state index < -0.39 is 0 Å². The van der Waals surface area contributed by atoms with Crippen LogP contribution in [0.15, 0.2) is 30.5 Å². The van der Waals surface area contributed by atoms with Gasteiger partial charge < -0.3 is 15.4 Å². The van der Waals surface area contributed by atoms with Crippen molar-refractivity contribution in [1.82, 2.24) is 15.0 Å². The number of methoxy groups -OCH3 is 1. The minimum Gasteiger partial charge on any atom is -0.379 e. The second-order valence-corrected chi connectivity index (χ2v) is 4.30. The van der Waals surface area contributed by atoms with Gasteiger partial charge in [-0.2, -0.15) is 0 Å². The minimum absolute atomic E-state index is 0.0483. The second-order valence-electron chi connectivity index (χ2n) is 4.30. The summed E-state index contributed by atoms with van der Waals surface area (Å²) in [4.78, 5) is 11.3. The van der Waals surface area contributed by atoms with Gasteiger partial charge in [0.2, 0.25) is 5.91 Å². The lowest BCUT2D eigenvalue weighted by molar-refractivity contribution is -0.119. The summed E-state index contributed by atoms with van der Waals surface area (Å²) in [6.07, 6.45) is 1.85. The Kier molecular flexibility index (Phi) is 4.67. The van der Waals surface area contributed by atoms with Gasteiger partial charge in [-0.3, -0.25) is 9.48 Å². The summed E-state index contributed by atoms with van der Waals surface area (Å²) in [5.41, 5.74) is 2.54. The van der Waals surface area contributed by atoms with Gasteiger partial charge in [0, 0.05) is 31.7 Å². The normalized spacial score (nSPS) is 10.3. The van der Waals surface area contributed by atoms with Crippen molar-refractivity contribution in [2.75, 3.05) is 24.4 Å². The lowest BCUT2D eigenvalue weighted by Crippen LogP contribution is -2.16. The van der Waals surface area contributed by atoms with Gasteiger partial charge >= 0.3 is 0 Å². The third-order valence-electron chi connectivity index (χ3n) is 2.57. The Balaban J connectivity index is 1.86. The number of nitrogens with zero attached hydrogens (tertiary/aromatic N) is 3. The molecule has 0 fully saturated rings. The first-order chi connectivity index (χ1) is 9.67. The molecule has 2 N–H and O–H groups in total. The van der Waals surface area contributed by atoms with E-state index in [0.717, 1.165) is 17.1 Å². The number of benzene rings is 1. The van der Waals surface area contributed by atoms with Crippen molar-refractivity contribution in [3.05, 3.63) is 36.2 Å². The van der Waals surface area contributed by atoms with Crippen molar-refractivity contribution >= 4 is 17.3 Å². The molecule has 0 atom stereocenters. The lowest BCUT2D eigenvalue weighted by atomic mass is 10.2. The monoisotopic (exact) mass is 275 g/mol. The van der Waals surface area contributed by atoms with Crippen LogP contribution in [0, 0.1) is 0 Å². The average Bonchev–Trinajstić information content (AvgIpc) is 2.84. The van der Waals surface area contributed by atoms with Crippen LogP contribution in [0.4, 0.5) is 11.4 Å². The van der Waals surface area contributed by atoms with Crippen molar-refractivity contribution in [2.24, 2.45) is 7.05 Å². The molecule has 20 heavy (non-hydrogen) atoms. The maximum Gasteiger partial charge on any atom is 0.250 e. The highest BCUT2D eigenvalue weighted by Gasteiger charge is 2.02. The summed E-state index contributed by atoms with van der Waals surface area (Å²) in [6, 6.07) is 7.43. The lowest BCUT2D eigenvalue weighted by Gasteiger charge is -2.07. The second kappa shape index (κ2) is 6.67. The number of nitrogens with one attached hydrogen (secondary N) is 2. The summed E-state index contributed by atoms with van der Waals surface area (Å²) in [7, 11) is 3.31. The van der Waals surface area contributed by atoms with Gasteiger partial charge in [0.1, 0.15) is 12.3 Å². The van der Waals surface area contributed by atoms with Crippen LogP contribution in [0.5, 0.6) is 0 Å². The van der Waals surface area contributed by atoms with Crippen LogP contribution >= 0.6 is 0 Å². The van der Waals surface area contributed by atoms with E-state index in [4.69, 9.17) is 4.74 Å². The number of carbonyl (C=O) groups excluding carboxylic acids is 1. The number of rotatable bonds is 6. The molecule has 0 bridgehead atoms. The summed E-state index contributed by atoms with van der Waals surface area (Å²) in [6.45, 7) is 0.649. The molecule has 1 amide bonds. The molecular formula is C13H17N5O2. The summed E-state index contributed by atoms with van der Waals surface area (Å²) in [5.74, 6) is -0.173. The Morgan fingerprint density at radius 3 is 2.60 bits per heavy atom. The first kappa shape index (κ1) is 14.0. The van der Waals surface area contributed by atoms with Crippen molar-refractivity contribution in [2.45, 2.75) is 6.54 Å². The molecule has 7 heteroatoms. The maximum atomic E-state index is 11.3. The SMILES string of the molecule is COCC(=O)Nc1ccc(NCc2cn(C)nn2)cc1. The predicted molar refractivity (Wildman–Crippen MR) is 75.3 cm³/mol. The van der Waals surface area contributed by atoms with Crippen molar-refractivity contribution < 1.29 is 9.53 Å². The molecule has 0 saturated heterocycles. The van der Waals surface area contributed by atoms with E-state index >= 15 is 0 Å². The smallest absolute Gasteiger partial charge is 0.250 e. The Morgan fingerprint density at radius 1 is 1.30 bits per heavy atom. The highest BCUT2D eigenvalue weighted by atomic mass is 16.5. The molecule has 0 spiro atoms. The molecule has 1 aromatic carbocycles. The number of aromatic nitrogens is 3. The zero-order chi connectivity index (χ0) is 14.4. The highest BCUT2D eigenvalue weighted by molar-refractivity contribution is 5.91. The van der Waals surface area contributed by atoms with E-state index in [2.05, 4.69) is 20.9 Å². The fourth-order valence-corrected chi connectivity index (χ4v) is 1.67. The number of ether oxygens (including phenoxy) is 1. The van der Waals surface area contributed by atoms with Crippen LogP contribution in [-0.2, 0) is 23.1 Å². The summed E-state index contributed by atoms with van der Waals surface area (Å²) < 4.78 is 6.41. The number of carbonyl (C=O) groups is 1. The summed E-state index contributed by atoms with van der Waals surface area (Å²) in [5, 5.41) is 13.8. The van der Waals surface area contributed by atoms with Crippen LogP contribution in [-0.4, -0.2) is 34.6 Å². The maximum absolute atomic E-state index is 11.3. The van der Waals surface area contributed by atoms with E-state index in [1.54, 1.807) is 4.68 Å². The van der Waals surface area contributed by atoms with Gasteiger partial charge in [0.25, 0.3) is 0 Å². The van der Waals surface area contributed by atoms with Gasteiger partial charge in [-0.1, -0.05) is 5.21 Å². The highest BCUT2D eigenvalue weighted by Crippen LogP contribution is 2.14. The van der Waals surface area contributed by atoms with Crippen LogP contribution in [0.25, 0.3) is 0 Å². The van der Waals surface area contributed by atoms with Crippen LogP contribution in [0.2, 0.25) is 0 Å². The molecule has 1 aromatic heterocycles. The molecule has 2 rings (SSSR count). The predicted octanol–water partition coefficient (Wildman–Crippen LogP) is 1.01. The molecule has 0 unspecified atom stereocenters. The first-order valence-electron chi connectivity index (χ1n) is 6.15.